The molecule has 46 heavy (non-hydrogen) atoms. The number of unbranched alkanes of at least 4 members (excludes halogenated alkanes) is 1. The number of hydrogen-bond donors (Lipinski definition) is 2. The fraction of sp³-hybridized carbons (Fsp3) is 0.333. The number of rotatable bonds is 14. The monoisotopic (exact) mass is 647 g/mol. The van der Waals surface area contributed by atoms with Crippen LogP contribution in [0.4, 0.5) is 22.0 Å². The van der Waals surface area contributed by atoms with Crippen LogP contribution < -0.4 is 21.3 Å². The average Bonchev–Trinajstić information content (AvgIpc) is 3.03. The highest BCUT2D eigenvalue weighted by atomic mass is 19.4. The first-order chi connectivity index (χ1) is 22.0. The summed E-state index contributed by atoms with van der Waals surface area (Å²) in [6.45, 7) is 0.482. The van der Waals surface area contributed by atoms with Crippen LogP contribution in [0.5, 0.6) is 5.75 Å². The number of hydrogen-bond acceptors (Lipinski definition) is 6. The summed E-state index contributed by atoms with van der Waals surface area (Å²) in [4.78, 5) is 28.1. The Morgan fingerprint density at radius 2 is 1.65 bits per heavy atom. The van der Waals surface area contributed by atoms with Crippen molar-refractivity contribution in [1.29, 1.82) is 0 Å². The molecule has 13 heteroatoms. The summed E-state index contributed by atoms with van der Waals surface area (Å²) in [6.07, 6.45) is -3.71. The zero-order chi connectivity index (χ0) is 33.4. The zero-order valence-corrected chi connectivity index (χ0v) is 25.2. The molecule has 0 fully saturated rings. The summed E-state index contributed by atoms with van der Waals surface area (Å²) in [5, 5.41) is 12.1. The van der Waals surface area contributed by atoms with Gasteiger partial charge in [-0.05, 0) is 50.1 Å². The molecule has 1 heterocycles. The highest BCUT2D eigenvalue weighted by molar-refractivity contribution is 5.67. The number of aliphatic hydroxyl groups is 1. The molecule has 0 aliphatic carbocycles. The number of aliphatic hydroxyl groups excluding tert-OH is 1. The molecule has 0 aliphatic heterocycles. The van der Waals surface area contributed by atoms with Gasteiger partial charge in [0, 0.05) is 23.4 Å². The number of halogens is 5. The van der Waals surface area contributed by atoms with Gasteiger partial charge in [-0.25, -0.2) is 13.6 Å². The first-order valence-corrected chi connectivity index (χ1v) is 14.5. The third kappa shape index (κ3) is 7.72. The summed E-state index contributed by atoms with van der Waals surface area (Å²) in [6, 6.07) is 14.8. The predicted octanol–water partition coefficient (Wildman–Crippen LogP) is 5.42. The van der Waals surface area contributed by atoms with E-state index in [9.17, 15) is 27.2 Å². The van der Waals surface area contributed by atoms with Crippen molar-refractivity contribution in [3.63, 3.8) is 0 Å². The Kier molecular flexibility index (Phi) is 11.5. The fourth-order valence-corrected chi connectivity index (χ4v) is 5.29. The van der Waals surface area contributed by atoms with Gasteiger partial charge in [-0.15, -0.1) is 0 Å². The van der Waals surface area contributed by atoms with Crippen LogP contribution >= 0.6 is 0 Å². The third-order valence-electron chi connectivity index (χ3n) is 7.65. The average molecular weight is 648 g/mol. The van der Waals surface area contributed by atoms with E-state index < -0.39 is 59.6 Å². The molecule has 4 rings (SSSR count). The Hall–Kier alpha value is -4.33. The van der Waals surface area contributed by atoms with Gasteiger partial charge in [0.2, 0.25) is 0 Å². The van der Waals surface area contributed by atoms with Gasteiger partial charge in [-0.1, -0.05) is 48.5 Å². The standard InChI is InChI=1S/C33H34F5N3O5/c1-21-29(23-12-8-15-28(45-2)30(23)35)31(43)41(19-27(22-10-4-3-5-11-22)39-16-6-7-17-46-20-42)32(44)40(21)18-24-25(33(36,37)38)13-9-14-26(24)34/h3-5,8-15,27,39,42H,6-7,16-20H2,1-2H3/t27-/m0/s1. The molecule has 0 radical (unpaired) electrons. The lowest BCUT2D eigenvalue weighted by Gasteiger charge is -2.24. The molecule has 2 N–H and O–H groups in total. The number of methoxy groups -OCH3 is 1. The first-order valence-electron chi connectivity index (χ1n) is 14.5. The van der Waals surface area contributed by atoms with Gasteiger partial charge in [-0.2, -0.15) is 13.2 Å². The van der Waals surface area contributed by atoms with Crippen LogP contribution in [-0.2, 0) is 24.0 Å². The Morgan fingerprint density at radius 1 is 0.935 bits per heavy atom. The maximum absolute atomic E-state index is 15.6. The summed E-state index contributed by atoms with van der Waals surface area (Å²) >= 11 is 0. The normalized spacial score (nSPS) is 12.3. The second kappa shape index (κ2) is 15.3. The number of benzene rings is 3. The first kappa shape index (κ1) is 34.5. The van der Waals surface area contributed by atoms with Crippen molar-refractivity contribution in [1.82, 2.24) is 14.5 Å². The Labute approximate surface area is 261 Å². The minimum atomic E-state index is -4.93. The van der Waals surface area contributed by atoms with Crippen molar-refractivity contribution >= 4 is 0 Å². The van der Waals surface area contributed by atoms with Crippen molar-refractivity contribution < 1.29 is 36.5 Å². The molecule has 3 aromatic carbocycles. The lowest BCUT2D eigenvalue weighted by molar-refractivity contribution is -0.138. The van der Waals surface area contributed by atoms with Gasteiger partial charge in [0.25, 0.3) is 5.56 Å². The minimum absolute atomic E-state index is 0.150. The van der Waals surface area contributed by atoms with Gasteiger partial charge >= 0.3 is 11.9 Å². The van der Waals surface area contributed by atoms with E-state index >= 15 is 4.39 Å². The third-order valence-corrected chi connectivity index (χ3v) is 7.65. The Balaban J connectivity index is 1.90. The van der Waals surface area contributed by atoms with E-state index in [1.807, 2.05) is 0 Å². The largest absolute Gasteiger partial charge is 0.494 e. The van der Waals surface area contributed by atoms with Gasteiger partial charge in [0.1, 0.15) is 12.6 Å². The maximum atomic E-state index is 15.6. The molecule has 0 amide bonds. The zero-order valence-electron chi connectivity index (χ0n) is 25.2. The van der Waals surface area contributed by atoms with Crippen LogP contribution in [0.1, 0.15) is 41.3 Å². The van der Waals surface area contributed by atoms with E-state index in [0.29, 0.717) is 37.6 Å². The van der Waals surface area contributed by atoms with E-state index in [1.54, 1.807) is 30.3 Å². The smallest absolute Gasteiger partial charge is 0.416 e. The van der Waals surface area contributed by atoms with E-state index in [0.717, 1.165) is 21.3 Å². The molecule has 246 valence electrons. The second-order valence-electron chi connectivity index (χ2n) is 10.5. The van der Waals surface area contributed by atoms with Crippen molar-refractivity contribution in [2.24, 2.45) is 0 Å². The van der Waals surface area contributed by atoms with Crippen LogP contribution in [0.3, 0.4) is 0 Å². The van der Waals surface area contributed by atoms with Crippen molar-refractivity contribution in [2.45, 2.75) is 45.1 Å². The van der Waals surface area contributed by atoms with Crippen LogP contribution in [-0.4, -0.2) is 41.3 Å². The number of nitrogens with zero attached hydrogens (tertiary/aromatic N) is 2. The van der Waals surface area contributed by atoms with Crippen LogP contribution in [0.15, 0.2) is 76.3 Å². The molecule has 0 unspecified atom stereocenters. The summed E-state index contributed by atoms with van der Waals surface area (Å²) in [7, 11) is 1.23. The number of alkyl halides is 3. The Morgan fingerprint density at radius 3 is 2.33 bits per heavy atom. The molecule has 0 bridgehead atoms. The predicted molar refractivity (Wildman–Crippen MR) is 162 cm³/mol. The Bertz CT molecular complexity index is 1760. The molecule has 0 saturated carbocycles. The van der Waals surface area contributed by atoms with Gasteiger partial charge < -0.3 is 19.9 Å². The van der Waals surface area contributed by atoms with Crippen LogP contribution in [0, 0.1) is 18.6 Å². The van der Waals surface area contributed by atoms with Crippen molar-refractivity contribution in [2.75, 3.05) is 27.1 Å². The number of nitrogens with one attached hydrogen (secondary N) is 1. The molecular formula is C33H34F5N3O5. The number of aromatic nitrogens is 2. The molecule has 4 aromatic rings. The molecule has 8 nitrogen and oxygen atoms in total. The molecule has 0 saturated heterocycles. The highest BCUT2D eigenvalue weighted by Gasteiger charge is 2.35. The van der Waals surface area contributed by atoms with E-state index in [2.05, 4.69) is 5.32 Å². The molecule has 1 atom stereocenters. The van der Waals surface area contributed by atoms with Crippen molar-refractivity contribution in [3.05, 3.63) is 122 Å². The summed E-state index contributed by atoms with van der Waals surface area (Å²) in [5.74, 6) is -2.29. The van der Waals surface area contributed by atoms with Gasteiger partial charge in [-0.3, -0.25) is 13.9 Å². The van der Waals surface area contributed by atoms with E-state index in [-0.39, 0.29) is 29.1 Å². The lowest BCUT2D eigenvalue weighted by Crippen LogP contribution is -2.45. The molecule has 0 aliphatic rings. The SMILES string of the molecule is COc1cccc(-c2c(C)n(Cc3c(F)cccc3C(F)(F)F)c(=O)n(C[C@H](NCCCCOCO)c3ccccc3)c2=O)c1F. The van der Waals surface area contributed by atoms with Gasteiger partial charge in [0.15, 0.2) is 11.6 Å². The summed E-state index contributed by atoms with van der Waals surface area (Å²) in [5.41, 5.74) is -3.92. The molecule has 1 aromatic heterocycles. The minimum Gasteiger partial charge on any atom is -0.494 e. The molecule has 0 spiro atoms. The van der Waals surface area contributed by atoms with E-state index in [4.69, 9.17) is 14.6 Å². The van der Waals surface area contributed by atoms with Crippen molar-refractivity contribution in [3.8, 4) is 16.9 Å². The quantitative estimate of drug-likeness (QED) is 0.108. The van der Waals surface area contributed by atoms with Gasteiger partial charge in [0.05, 0.1) is 37.4 Å². The topological polar surface area (TPSA) is 94.7 Å². The van der Waals surface area contributed by atoms with E-state index in [1.165, 1.54) is 32.2 Å². The lowest BCUT2D eigenvalue weighted by atomic mass is 10.0. The molecular weight excluding hydrogens is 613 g/mol. The fourth-order valence-electron chi connectivity index (χ4n) is 5.29. The highest BCUT2D eigenvalue weighted by Crippen LogP contribution is 2.34. The maximum Gasteiger partial charge on any atom is 0.416 e. The van der Waals surface area contributed by atoms with Crippen LogP contribution in [0.2, 0.25) is 0 Å². The summed E-state index contributed by atoms with van der Waals surface area (Å²) < 4.78 is 84.1. The number of ether oxygens (including phenoxy) is 2. The second-order valence-corrected chi connectivity index (χ2v) is 10.5. The van der Waals surface area contributed by atoms with Crippen LogP contribution in [0.25, 0.3) is 11.1 Å².